The lowest BCUT2D eigenvalue weighted by atomic mass is 10.00. The van der Waals surface area contributed by atoms with Crippen LogP contribution in [-0.2, 0) is 38.7 Å². The second kappa shape index (κ2) is 39.9. The zero-order valence-corrected chi connectivity index (χ0v) is 40.0. The van der Waals surface area contributed by atoms with Crippen molar-refractivity contribution in [2.45, 2.75) is 237 Å². The average Bonchev–Trinajstić information content (AvgIpc) is 3.25. The van der Waals surface area contributed by atoms with E-state index in [0.717, 1.165) is 57.8 Å². The second-order valence-electron chi connectivity index (χ2n) is 17.1. The van der Waals surface area contributed by atoms with E-state index in [9.17, 15) is 37.9 Å². The minimum absolute atomic E-state index is 0.112. The predicted molar refractivity (Wildman–Crippen MR) is 252 cm³/mol. The summed E-state index contributed by atoms with van der Waals surface area (Å²) in [5.41, 5.74) is 0. The van der Waals surface area contributed by atoms with E-state index >= 15 is 0 Å². The van der Waals surface area contributed by atoms with E-state index in [1.165, 1.54) is 103 Å². The number of ether oxygens (including phenoxy) is 4. The molecule has 0 bridgehead atoms. The number of hydrogen-bond donors (Lipinski definition) is 4. The summed E-state index contributed by atoms with van der Waals surface area (Å²) in [5.74, 6) is -2.03. The first-order chi connectivity index (χ1) is 30.5. The molecule has 0 aliphatic carbocycles. The second-order valence-corrected chi connectivity index (χ2v) is 18.6. The Morgan fingerprint density at radius 1 is 0.556 bits per heavy atom. The van der Waals surface area contributed by atoms with E-state index in [1.807, 2.05) is 0 Å². The fraction of sp³-hybridized carbons (Fsp3) is 0.800. The zero-order valence-electron chi connectivity index (χ0n) is 39.2. The molecule has 1 fully saturated rings. The summed E-state index contributed by atoms with van der Waals surface area (Å²) in [6.07, 6.45) is 38.8. The monoisotopic (exact) mass is 913 g/mol. The highest BCUT2D eigenvalue weighted by Gasteiger charge is 2.46. The smallest absolute Gasteiger partial charge is 0.306 e. The molecule has 0 amide bonds. The maximum Gasteiger partial charge on any atom is 0.306 e. The minimum Gasteiger partial charge on any atom is -0.462 e. The highest BCUT2D eigenvalue weighted by molar-refractivity contribution is 7.85. The first-order valence-corrected chi connectivity index (χ1v) is 26.3. The van der Waals surface area contributed by atoms with Crippen LogP contribution >= 0.6 is 0 Å². The molecule has 6 atom stereocenters. The molecule has 0 spiro atoms. The fourth-order valence-electron chi connectivity index (χ4n) is 7.37. The van der Waals surface area contributed by atoms with Gasteiger partial charge in [0.05, 0.1) is 6.61 Å². The van der Waals surface area contributed by atoms with Crippen LogP contribution in [0.4, 0.5) is 0 Å². The molecular weight excluding hydrogens is 825 g/mol. The Morgan fingerprint density at radius 3 is 1.49 bits per heavy atom. The highest BCUT2D eigenvalue weighted by atomic mass is 32.2. The van der Waals surface area contributed by atoms with Gasteiger partial charge in [-0.3, -0.25) is 14.1 Å². The van der Waals surface area contributed by atoms with E-state index in [1.54, 1.807) is 0 Å². The standard InChI is InChI=1S/C50H88O12S/c1-3-5-7-9-11-13-15-17-19-20-21-22-23-25-26-28-30-32-34-36-38-45(51)59-40-43(41-60-50-49(55)48(54)47(53)44(62-50)42-63(56,57)58)61-46(52)39-37-35-33-31-29-27-24-18-16-14-12-10-8-6-4-2/h6,8,12,14,18,24,29,31,43-44,47-50,53-55H,3-5,7,9-11,13,15-17,19-23,25-28,30,32-42H2,1-2H3,(H,56,57,58)/b8-6-,14-12-,24-18-,31-29-. The van der Waals surface area contributed by atoms with Crippen molar-refractivity contribution in [1.29, 1.82) is 0 Å². The predicted octanol–water partition coefficient (Wildman–Crippen LogP) is 10.7. The molecule has 0 saturated carbocycles. The van der Waals surface area contributed by atoms with Gasteiger partial charge >= 0.3 is 11.9 Å². The summed E-state index contributed by atoms with van der Waals surface area (Å²) in [6.45, 7) is 3.63. The number of aliphatic hydroxyl groups excluding tert-OH is 3. The van der Waals surface area contributed by atoms with Gasteiger partial charge in [0.1, 0.15) is 36.8 Å². The third kappa shape index (κ3) is 34.6. The molecule has 6 unspecified atom stereocenters. The fourth-order valence-corrected chi connectivity index (χ4v) is 8.07. The van der Waals surface area contributed by atoms with Crippen molar-refractivity contribution in [3.05, 3.63) is 48.6 Å². The van der Waals surface area contributed by atoms with Crippen LogP contribution in [0.2, 0.25) is 0 Å². The Labute approximate surface area is 382 Å². The summed E-state index contributed by atoms with van der Waals surface area (Å²) in [6, 6.07) is 0. The highest BCUT2D eigenvalue weighted by Crippen LogP contribution is 2.24. The molecule has 1 aliphatic heterocycles. The van der Waals surface area contributed by atoms with Crippen LogP contribution in [0.15, 0.2) is 48.6 Å². The number of hydrogen-bond acceptors (Lipinski definition) is 11. The molecule has 1 saturated heterocycles. The Balaban J connectivity index is 2.40. The number of rotatable bonds is 41. The van der Waals surface area contributed by atoms with Gasteiger partial charge in [0.2, 0.25) is 0 Å². The Morgan fingerprint density at radius 2 is 1.00 bits per heavy atom. The van der Waals surface area contributed by atoms with E-state index in [-0.39, 0.29) is 19.4 Å². The van der Waals surface area contributed by atoms with Crippen molar-refractivity contribution in [2.24, 2.45) is 0 Å². The Hall–Kier alpha value is -2.39. The number of allylic oxidation sites excluding steroid dienone is 8. The summed E-state index contributed by atoms with van der Waals surface area (Å²) in [4.78, 5) is 25.5. The quantitative estimate of drug-likeness (QED) is 0.0197. The first kappa shape index (κ1) is 58.6. The van der Waals surface area contributed by atoms with Crippen LogP contribution in [0.3, 0.4) is 0 Å². The summed E-state index contributed by atoms with van der Waals surface area (Å²) < 4.78 is 54.1. The average molecular weight is 913 g/mol. The number of aliphatic hydroxyl groups is 3. The molecule has 366 valence electrons. The largest absolute Gasteiger partial charge is 0.462 e. The van der Waals surface area contributed by atoms with Crippen molar-refractivity contribution in [1.82, 2.24) is 0 Å². The minimum atomic E-state index is -4.61. The maximum absolute atomic E-state index is 12.8. The summed E-state index contributed by atoms with van der Waals surface area (Å²) in [7, 11) is -4.61. The van der Waals surface area contributed by atoms with Gasteiger partial charge in [-0.2, -0.15) is 8.42 Å². The van der Waals surface area contributed by atoms with E-state index < -0.39 is 71.2 Å². The van der Waals surface area contributed by atoms with Gasteiger partial charge in [0.25, 0.3) is 10.1 Å². The molecular formula is C50H88O12S. The lowest BCUT2D eigenvalue weighted by Crippen LogP contribution is -2.60. The van der Waals surface area contributed by atoms with Crippen molar-refractivity contribution in [2.75, 3.05) is 19.0 Å². The lowest BCUT2D eigenvalue weighted by Gasteiger charge is -2.40. The normalized spacial score (nSPS) is 20.1. The van der Waals surface area contributed by atoms with Gasteiger partial charge < -0.3 is 34.3 Å². The Kier molecular flexibility index (Phi) is 37.2. The molecule has 0 aromatic heterocycles. The van der Waals surface area contributed by atoms with Gasteiger partial charge in [-0.25, -0.2) is 0 Å². The van der Waals surface area contributed by atoms with Gasteiger partial charge in [-0.1, -0.05) is 184 Å². The topological polar surface area (TPSA) is 186 Å². The molecule has 13 heteroatoms. The Bertz CT molecular complexity index is 1350. The number of esters is 2. The van der Waals surface area contributed by atoms with Crippen LogP contribution < -0.4 is 0 Å². The van der Waals surface area contributed by atoms with E-state index in [2.05, 4.69) is 62.5 Å². The van der Waals surface area contributed by atoms with Crippen molar-refractivity contribution < 1.29 is 56.8 Å². The van der Waals surface area contributed by atoms with Crippen LogP contribution in [0.5, 0.6) is 0 Å². The first-order valence-electron chi connectivity index (χ1n) is 24.7. The molecule has 1 heterocycles. The molecule has 0 aromatic rings. The van der Waals surface area contributed by atoms with Crippen LogP contribution in [0.25, 0.3) is 0 Å². The number of unbranched alkanes of at least 4 members (excludes halogenated alkanes) is 21. The summed E-state index contributed by atoms with van der Waals surface area (Å²) >= 11 is 0. The van der Waals surface area contributed by atoms with Crippen LogP contribution in [0.1, 0.15) is 200 Å². The van der Waals surface area contributed by atoms with Crippen molar-refractivity contribution in [3.63, 3.8) is 0 Å². The SMILES string of the molecule is CC/C=C\C/C=C\C/C=C\C/C=C\CCCCC(=O)OC(COC(=O)CCCCCCCCCCCCCCCCCCCCCC)COC1OC(CS(=O)(=O)O)C(O)C(O)C1O. The van der Waals surface area contributed by atoms with Crippen LogP contribution in [-0.4, -0.2) is 96.0 Å². The number of carbonyl (C=O) groups is 2. The molecule has 4 N–H and O–H groups in total. The molecule has 1 rings (SSSR count). The summed E-state index contributed by atoms with van der Waals surface area (Å²) in [5, 5.41) is 30.9. The third-order valence-corrected chi connectivity index (χ3v) is 11.9. The number of carbonyl (C=O) groups excluding carboxylic acids is 2. The molecule has 0 radical (unpaired) electrons. The van der Waals surface area contributed by atoms with Gasteiger partial charge in [0.15, 0.2) is 12.4 Å². The van der Waals surface area contributed by atoms with Gasteiger partial charge in [-0.15, -0.1) is 0 Å². The van der Waals surface area contributed by atoms with Gasteiger partial charge in [0, 0.05) is 12.8 Å². The van der Waals surface area contributed by atoms with E-state index in [0.29, 0.717) is 12.8 Å². The molecule has 63 heavy (non-hydrogen) atoms. The molecule has 12 nitrogen and oxygen atoms in total. The van der Waals surface area contributed by atoms with Gasteiger partial charge in [-0.05, 0) is 51.4 Å². The zero-order chi connectivity index (χ0) is 46.2. The van der Waals surface area contributed by atoms with Crippen molar-refractivity contribution in [3.8, 4) is 0 Å². The lowest BCUT2D eigenvalue weighted by molar-refractivity contribution is -0.297. The third-order valence-electron chi connectivity index (χ3n) is 11.2. The molecule has 0 aromatic carbocycles. The van der Waals surface area contributed by atoms with E-state index in [4.69, 9.17) is 18.9 Å². The maximum atomic E-state index is 12.8. The van der Waals surface area contributed by atoms with Crippen molar-refractivity contribution >= 4 is 22.1 Å². The van der Waals surface area contributed by atoms with Crippen LogP contribution in [0, 0.1) is 0 Å². The molecule has 1 aliphatic rings.